The first-order valence-electron chi connectivity index (χ1n) is 5.11. The van der Waals surface area contributed by atoms with Gasteiger partial charge in [-0.2, -0.15) is 13.2 Å². The van der Waals surface area contributed by atoms with E-state index in [1.807, 2.05) is 0 Å². The van der Waals surface area contributed by atoms with E-state index in [2.05, 4.69) is 20.7 Å². The molecule has 0 fully saturated rings. The lowest BCUT2D eigenvalue weighted by molar-refractivity contribution is -0.274. The molecule has 0 saturated carbocycles. The minimum Gasteiger partial charge on any atom is -0.405 e. The zero-order valence-electron chi connectivity index (χ0n) is 9.61. The van der Waals surface area contributed by atoms with Gasteiger partial charge in [-0.25, -0.2) is 0 Å². The number of benzene rings is 1. The van der Waals surface area contributed by atoms with Gasteiger partial charge in [0, 0.05) is 11.8 Å². The summed E-state index contributed by atoms with van der Waals surface area (Å²) in [6, 6.07) is 1.26. The van der Waals surface area contributed by atoms with Gasteiger partial charge in [-0.05, 0) is 18.2 Å². The smallest absolute Gasteiger partial charge is 0.405 e. The van der Waals surface area contributed by atoms with Crippen LogP contribution in [0.2, 0.25) is 0 Å². The number of hydrogen-bond acceptors (Lipinski definition) is 2. The molecule has 0 atom stereocenters. The molecule has 0 aliphatic rings. The average Bonchev–Trinajstić information content (AvgIpc) is 2.26. The lowest BCUT2D eigenvalue weighted by Crippen LogP contribution is -2.19. The molecular formula is C11H7BrF6O2. The van der Waals surface area contributed by atoms with Crippen molar-refractivity contribution < 1.29 is 35.9 Å². The van der Waals surface area contributed by atoms with E-state index in [-0.39, 0.29) is 11.8 Å². The summed E-state index contributed by atoms with van der Waals surface area (Å²) in [5.41, 5.74) is -1.97. The monoisotopic (exact) mass is 364 g/mol. The SMILES string of the molecule is O=C(CCBr)c1cc(C(F)(F)F)ccc1OC(F)(F)F. The summed E-state index contributed by atoms with van der Waals surface area (Å²) in [6.45, 7) is 0. The Labute approximate surface area is 117 Å². The summed E-state index contributed by atoms with van der Waals surface area (Å²) in [4.78, 5) is 11.6. The van der Waals surface area contributed by atoms with Crippen molar-refractivity contribution in [2.24, 2.45) is 0 Å². The molecule has 0 saturated heterocycles. The van der Waals surface area contributed by atoms with Gasteiger partial charge in [0.15, 0.2) is 5.78 Å². The topological polar surface area (TPSA) is 26.3 Å². The van der Waals surface area contributed by atoms with Crippen LogP contribution in [0.25, 0.3) is 0 Å². The quantitative estimate of drug-likeness (QED) is 0.444. The molecule has 0 aliphatic carbocycles. The number of rotatable bonds is 4. The minimum absolute atomic E-state index is 0.105. The molecule has 0 aromatic heterocycles. The van der Waals surface area contributed by atoms with Crippen LogP contribution < -0.4 is 4.74 Å². The predicted octanol–water partition coefficient (Wildman–Crippen LogP) is 4.57. The van der Waals surface area contributed by atoms with Gasteiger partial charge in [-0.3, -0.25) is 4.79 Å². The highest BCUT2D eigenvalue weighted by molar-refractivity contribution is 9.09. The normalized spacial score (nSPS) is 12.3. The zero-order valence-corrected chi connectivity index (χ0v) is 11.2. The van der Waals surface area contributed by atoms with Crippen LogP contribution in [0.3, 0.4) is 0 Å². The molecule has 1 aromatic rings. The Hall–Kier alpha value is -1.25. The highest BCUT2D eigenvalue weighted by atomic mass is 79.9. The Morgan fingerprint density at radius 1 is 1.15 bits per heavy atom. The highest BCUT2D eigenvalue weighted by Crippen LogP contribution is 2.34. The van der Waals surface area contributed by atoms with Crippen LogP contribution in [0.4, 0.5) is 26.3 Å². The van der Waals surface area contributed by atoms with E-state index in [1.54, 1.807) is 0 Å². The van der Waals surface area contributed by atoms with Crippen molar-refractivity contribution in [3.8, 4) is 5.75 Å². The minimum atomic E-state index is -5.09. The number of hydrogen-bond donors (Lipinski definition) is 0. The molecule has 1 rings (SSSR count). The van der Waals surface area contributed by atoms with Crippen molar-refractivity contribution in [3.63, 3.8) is 0 Å². The molecule has 0 N–H and O–H groups in total. The van der Waals surface area contributed by atoms with Gasteiger partial charge >= 0.3 is 12.5 Å². The van der Waals surface area contributed by atoms with E-state index in [0.717, 1.165) is 0 Å². The van der Waals surface area contributed by atoms with Crippen molar-refractivity contribution in [3.05, 3.63) is 29.3 Å². The van der Waals surface area contributed by atoms with Crippen LogP contribution in [-0.4, -0.2) is 17.5 Å². The molecule has 0 amide bonds. The van der Waals surface area contributed by atoms with Gasteiger partial charge in [-0.15, -0.1) is 13.2 Å². The zero-order chi connectivity index (χ0) is 15.6. The average molecular weight is 365 g/mol. The van der Waals surface area contributed by atoms with Crippen molar-refractivity contribution in [1.82, 2.24) is 0 Å². The Morgan fingerprint density at radius 3 is 2.20 bits per heavy atom. The molecule has 1 aromatic carbocycles. The fourth-order valence-corrected chi connectivity index (χ4v) is 1.72. The first-order chi connectivity index (χ1) is 9.04. The number of alkyl halides is 7. The standard InChI is InChI=1S/C11H7BrF6O2/c12-4-3-8(19)7-5-6(10(13,14)15)1-2-9(7)20-11(16,17)18/h1-2,5H,3-4H2. The molecular weight excluding hydrogens is 358 g/mol. The number of carbonyl (C=O) groups is 1. The third-order valence-electron chi connectivity index (χ3n) is 2.15. The van der Waals surface area contributed by atoms with Crippen LogP contribution in [0, 0.1) is 0 Å². The van der Waals surface area contributed by atoms with Crippen molar-refractivity contribution in [2.75, 3.05) is 5.33 Å². The molecule has 0 heterocycles. The molecule has 0 spiro atoms. The fraction of sp³-hybridized carbons (Fsp3) is 0.364. The Balaban J connectivity index is 3.27. The van der Waals surface area contributed by atoms with Crippen LogP contribution in [0.1, 0.15) is 22.3 Å². The summed E-state index contributed by atoms with van der Waals surface area (Å²) in [6.07, 6.45) is -10.1. The second kappa shape index (κ2) is 6.02. The Kier molecular flexibility index (Phi) is 5.06. The molecule has 0 aliphatic heterocycles. The number of ketones is 1. The van der Waals surface area contributed by atoms with E-state index < -0.39 is 35.2 Å². The second-order valence-electron chi connectivity index (χ2n) is 3.62. The molecule has 0 unspecified atom stereocenters. The van der Waals surface area contributed by atoms with E-state index in [0.29, 0.717) is 18.2 Å². The van der Waals surface area contributed by atoms with Gasteiger partial charge in [0.05, 0.1) is 11.1 Å². The number of halogens is 7. The van der Waals surface area contributed by atoms with Gasteiger partial charge in [-0.1, -0.05) is 15.9 Å². The van der Waals surface area contributed by atoms with Crippen LogP contribution in [-0.2, 0) is 6.18 Å². The largest absolute Gasteiger partial charge is 0.573 e. The van der Waals surface area contributed by atoms with E-state index in [4.69, 9.17) is 0 Å². The lowest BCUT2D eigenvalue weighted by Gasteiger charge is -2.14. The predicted molar refractivity (Wildman–Crippen MR) is 60.9 cm³/mol. The lowest BCUT2D eigenvalue weighted by atomic mass is 10.0. The Morgan fingerprint density at radius 2 is 1.75 bits per heavy atom. The molecule has 0 radical (unpaired) electrons. The first-order valence-corrected chi connectivity index (χ1v) is 6.23. The summed E-state index contributed by atoms with van der Waals surface area (Å²) in [5, 5.41) is 0.105. The van der Waals surface area contributed by atoms with Crippen LogP contribution in [0.5, 0.6) is 5.75 Å². The molecule has 9 heteroatoms. The summed E-state index contributed by atoms with van der Waals surface area (Å²) >= 11 is 2.89. The van der Waals surface area contributed by atoms with Crippen molar-refractivity contribution in [1.29, 1.82) is 0 Å². The summed E-state index contributed by atoms with van der Waals surface area (Å²) < 4.78 is 77.5. The van der Waals surface area contributed by atoms with E-state index in [9.17, 15) is 31.1 Å². The highest BCUT2D eigenvalue weighted by Gasteiger charge is 2.35. The summed E-state index contributed by atoms with van der Waals surface area (Å²) in [7, 11) is 0. The maximum absolute atomic E-state index is 12.5. The Bertz CT molecular complexity index is 495. The number of Topliss-reactive ketones (excluding diaryl/α,β-unsaturated/α-hetero) is 1. The number of ether oxygens (including phenoxy) is 1. The second-order valence-corrected chi connectivity index (χ2v) is 4.41. The van der Waals surface area contributed by atoms with Gasteiger partial charge in [0.2, 0.25) is 0 Å². The van der Waals surface area contributed by atoms with Crippen molar-refractivity contribution in [2.45, 2.75) is 19.0 Å². The molecule has 0 bridgehead atoms. The van der Waals surface area contributed by atoms with Crippen LogP contribution in [0.15, 0.2) is 18.2 Å². The maximum atomic E-state index is 12.5. The number of carbonyl (C=O) groups excluding carboxylic acids is 1. The molecule has 112 valence electrons. The maximum Gasteiger partial charge on any atom is 0.573 e. The third-order valence-corrected chi connectivity index (χ3v) is 2.55. The van der Waals surface area contributed by atoms with Crippen LogP contribution >= 0.6 is 15.9 Å². The van der Waals surface area contributed by atoms with E-state index >= 15 is 0 Å². The third kappa shape index (κ3) is 4.69. The fourth-order valence-electron chi connectivity index (χ4n) is 1.36. The van der Waals surface area contributed by atoms with Crippen molar-refractivity contribution >= 4 is 21.7 Å². The first kappa shape index (κ1) is 16.8. The van der Waals surface area contributed by atoms with Gasteiger partial charge in [0.25, 0.3) is 0 Å². The molecule has 2 nitrogen and oxygen atoms in total. The molecule has 20 heavy (non-hydrogen) atoms. The van der Waals surface area contributed by atoms with Gasteiger partial charge in [0.1, 0.15) is 5.75 Å². The summed E-state index contributed by atoms with van der Waals surface area (Å²) in [5.74, 6) is -1.83. The van der Waals surface area contributed by atoms with E-state index in [1.165, 1.54) is 0 Å². The van der Waals surface area contributed by atoms with Gasteiger partial charge < -0.3 is 4.74 Å².